The predicted molar refractivity (Wildman–Crippen MR) is 116 cm³/mol. The highest BCUT2D eigenvalue weighted by molar-refractivity contribution is 5.78. The minimum Gasteiger partial charge on any atom is -0.475 e. The lowest BCUT2D eigenvalue weighted by atomic mass is 9.79. The molecule has 0 bridgehead atoms. The van der Waals surface area contributed by atoms with Crippen LogP contribution in [0, 0.1) is 12.3 Å². The molecule has 35 heavy (non-hydrogen) atoms. The molecule has 0 aliphatic carbocycles. The Balaban J connectivity index is 1.33. The zero-order valence-corrected chi connectivity index (χ0v) is 19.1. The van der Waals surface area contributed by atoms with E-state index in [-0.39, 0.29) is 28.6 Å². The maximum Gasteiger partial charge on any atom is 0.433 e. The van der Waals surface area contributed by atoms with E-state index in [4.69, 9.17) is 4.74 Å². The van der Waals surface area contributed by atoms with Gasteiger partial charge in [-0.15, -0.1) is 5.10 Å². The summed E-state index contributed by atoms with van der Waals surface area (Å²) in [5, 5.41) is 4.09. The Morgan fingerprint density at radius 3 is 2.51 bits per heavy atom. The number of hydrogen-bond donors (Lipinski definition) is 0. The van der Waals surface area contributed by atoms with Crippen LogP contribution < -0.4 is 14.5 Å². The molecule has 1 spiro atoms. The highest BCUT2D eigenvalue weighted by atomic mass is 19.4. The van der Waals surface area contributed by atoms with Gasteiger partial charge in [0.05, 0.1) is 12.8 Å². The van der Waals surface area contributed by atoms with Gasteiger partial charge in [-0.2, -0.15) is 13.2 Å². The van der Waals surface area contributed by atoms with Crippen LogP contribution in [-0.2, 0) is 12.7 Å². The lowest BCUT2D eigenvalue weighted by Crippen LogP contribution is -2.58. The zero-order chi connectivity index (χ0) is 25.0. The fourth-order valence-corrected chi connectivity index (χ4v) is 4.72. The molecule has 0 radical (unpaired) electrons. The molecule has 3 aromatic rings. The Kier molecular flexibility index (Phi) is 5.63. The minimum atomic E-state index is -4.54. The van der Waals surface area contributed by atoms with Crippen molar-refractivity contribution in [2.45, 2.75) is 39.4 Å². The molecule has 0 unspecified atom stereocenters. The van der Waals surface area contributed by atoms with E-state index in [1.54, 1.807) is 13.1 Å². The fourth-order valence-electron chi connectivity index (χ4n) is 4.72. The lowest BCUT2D eigenvalue weighted by Gasteiger charge is -2.48. The largest absolute Gasteiger partial charge is 0.475 e. The van der Waals surface area contributed by atoms with Crippen LogP contribution in [0.4, 0.5) is 33.6 Å². The molecule has 2 aliphatic rings. The Hall–Kier alpha value is -3.32. The van der Waals surface area contributed by atoms with Crippen LogP contribution in [0.5, 0.6) is 5.88 Å². The highest BCUT2D eigenvalue weighted by Crippen LogP contribution is 2.43. The van der Waals surface area contributed by atoms with Gasteiger partial charge in [-0.05, 0) is 20.3 Å². The van der Waals surface area contributed by atoms with Crippen molar-refractivity contribution < 1.29 is 26.7 Å². The van der Waals surface area contributed by atoms with Crippen molar-refractivity contribution in [3.05, 3.63) is 23.8 Å². The first-order valence-electron chi connectivity index (χ1n) is 11.1. The van der Waals surface area contributed by atoms with Crippen LogP contribution in [0.1, 0.15) is 24.9 Å². The van der Waals surface area contributed by atoms with Gasteiger partial charge >= 0.3 is 6.18 Å². The maximum absolute atomic E-state index is 13.1. The Morgan fingerprint density at radius 2 is 1.83 bits per heavy atom. The monoisotopic (exact) mass is 498 g/mol. The Bertz CT molecular complexity index is 1240. The number of nitrogens with zero attached hydrogens (tertiary/aromatic N) is 8. The number of hydrogen-bond acceptors (Lipinski definition) is 8. The van der Waals surface area contributed by atoms with Crippen molar-refractivity contribution in [1.82, 2.24) is 29.7 Å². The van der Waals surface area contributed by atoms with Gasteiger partial charge in [0.25, 0.3) is 12.3 Å². The molecule has 0 amide bonds. The standard InChI is InChI=1S/C21H23F5N8O/c1-3-35-19-17-18(34(31-19)8-14(22)23)30-16(7-27-17)32-5-4-20(9-32)10-33(11-20)15-6-13(21(24,25)26)28-12(2)29-15/h6-7,14H,3-5,8-11H2,1-2H3. The van der Waals surface area contributed by atoms with Gasteiger partial charge in [0.15, 0.2) is 11.2 Å². The van der Waals surface area contributed by atoms with Crippen LogP contribution >= 0.6 is 0 Å². The smallest absolute Gasteiger partial charge is 0.433 e. The zero-order valence-electron chi connectivity index (χ0n) is 19.1. The molecule has 14 heteroatoms. The average Bonchev–Trinajstić information content (AvgIpc) is 3.34. The van der Waals surface area contributed by atoms with E-state index in [0.29, 0.717) is 44.1 Å². The molecular formula is C21H23F5N8O. The molecule has 0 aromatic carbocycles. The van der Waals surface area contributed by atoms with E-state index >= 15 is 0 Å². The highest BCUT2D eigenvalue weighted by Gasteiger charge is 2.49. The van der Waals surface area contributed by atoms with Crippen LogP contribution in [-0.4, -0.2) is 68.9 Å². The van der Waals surface area contributed by atoms with E-state index in [9.17, 15) is 22.0 Å². The molecule has 0 saturated carbocycles. The summed E-state index contributed by atoms with van der Waals surface area (Å²) in [5.41, 5.74) is -0.546. The summed E-state index contributed by atoms with van der Waals surface area (Å²) in [7, 11) is 0. The first kappa shape index (κ1) is 23.4. The fraction of sp³-hybridized carbons (Fsp3) is 0.571. The van der Waals surface area contributed by atoms with E-state index in [1.165, 1.54) is 6.92 Å². The van der Waals surface area contributed by atoms with Gasteiger partial charge < -0.3 is 14.5 Å². The van der Waals surface area contributed by atoms with Crippen LogP contribution in [0.3, 0.4) is 0 Å². The Labute approximate surface area is 196 Å². The lowest BCUT2D eigenvalue weighted by molar-refractivity contribution is -0.141. The van der Waals surface area contributed by atoms with Crippen LogP contribution in [0.2, 0.25) is 0 Å². The molecule has 0 atom stereocenters. The summed E-state index contributed by atoms with van der Waals surface area (Å²) in [5.74, 6) is 1.02. The first-order valence-corrected chi connectivity index (χ1v) is 11.1. The van der Waals surface area contributed by atoms with E-state index in [1.807, 2.05) is 9.80 Å². The summed E-state index contributed by atoms with van der Waals surface area (Å²) >= 11 is 0. The van der Waals surface area contributed by atoms with Crippen molar-refractivity contribution in [2.75, 3.05) is 42.6 Å². The number of anilines is 2. The topological polar surface area (TPSA) is 85.1 Å². The van der Waals surface area contributed by atoms with Gasteiger partial charge in [-0.1, -0.05) is 0 Å². The molecule has 2 fully saturated rings. The number of fused-ring (bicyclic) bond motifs is 1. The van der Waals surface area contributed by atoms with Crippen molar-refractivity contribution in [3.8, 4) is 5.88 Å². The van der Waals surface area contributed by atoms with Gasteiger partial charge in [-0.3, -0.25) is 0 Å². The summed E-state index contributed by atoms with van der Waals surface area (Å²) in [6.45, 7) is 5.25. The maximum atomic E-state index is 13.1. The van der Waals surface area contributed by atoms with Crippen molar-refractivity contribution in [1.29, 1.82) is 0 Å². The van der Waals surface area contributed by atoms with Crippen LogP contribution in [0.15, 0.2) is 12.3 Å². The van der Waals surface area contributed by atoms with E-state index in [0.717, 1.165) is 17.2 Å². The molecule has 5 rings (SSSR count). The van der Waals surface area contributed by atoms with Gasteiger partial charge in [0, 0.05) is 37.7 Å². The molecule has 9 nitrogen and oxygen atoms in total. The third-order valence-electron chi connectivity index (χ3n) is 6.25. The van der Waals surface area contributed by atoms with Gasteiger partial charge in [0.2, 0.25) is 0 Å². The molecule has 188 valence electrons. The van der Waals surface area contributed by atoms with Crippen molar-refractivity contribution >= 4 is 22.8 Å². The summed E-state index contributed by atoms with van der Waals surface area (Å²) < 4.78 is 72.0. The van der Waals surface area contributed by atoms with Crippen LogP contribution in [0.25, 0.3) is 11.2 Å². The molecule has 0 N–H and O–H groups in total. The second kappa shape index (κ2) is 8.41. The van der Waals surface area contributed by atoms with Crippen molar-refractivity contribution in [2.24, 2.45) is 5.41 Å². The Morgan fingerprint density at radius 1 is 1.09 bits per heavy atom. The number of alkyl halides is 5. The molecule has 3 aromatic heterocycles. The number of rotatable bonds is 6. The normalized spacial score (nSPS) is 17.6. The number of ether oxygens (including phenoxy) is 1. The molecular weight excluding hydrogens is 475 g/mol. The average molecular weight is 498 g/mol. The third-order valence-corrected chi connectivity index (χ3v) is 6.25. The number of halogens is 5. The minimum absolute atomic E-state index is 0.0687. The second-order valence-corrected chi connectivity index (χ2v) is 8.90. The summed E-state index contributed by atoms with van der Waals surface area (Å²) in [6, 6.07) is 0.978. The molecule has 5 heterocycles. The molecule has 2 saturated heterocycles. The van der Waals surface area contributed by atoms with Gasteiger partial charge in [0.1, 0.15) is 29.7 Å². The van der Waals surface area contributed by atoms with Gasteiger partial charge in [-0.25, -0.2) is 33.4 Å². The number of aryl methyl sites for hydroxylation is 1. The first-order chi connectivity index (χ1) is 16.6. The van der Waals surface area contributed by atoms with E-state index < -0.39 is 24.8 Å². The second-order valence-electron chi connectivity index (χ2n) is 8.90. The van der Waals surface area contributed by atoms with E-state index in [2.05, 4.69) is 25.0 Å². The summed E-state index contributed by atoms with van der Waals surface area (Å²) in [6.07, 6.45) is -4.78. The predicted octanol–water partition coefficient (Wildman–Crippen LogP) is 3.32. The SMILES string of the molecule is CCOc1nn(CC(F)F)c2nc(N3CCC4(CN(c5cc(C(F)(F)F)nc(C)n5)C4)C3)cnc12. The summed E-state index contributed by atoms with van der Waals surface area (Å²) in [4.78, 5) is 20.4. The number of aromatic nitrogens is 6. The molecule has 2 aliphatic heterocycles. The van der Waals surface area contributed by atoms with Crippen molar-refractivity contribution in [3.63, 3.8) is 0 Å². The third kappa shape index (κ3) is 4.41. The quantitative estimate of drug-likeness (QED) is 0.479.